The van der Waals surface area contributed by atoms with Crippen molar-refractivity contribution in [2.45, 2.75) is 58.4 Å². The van der Waals surface area contributed by atoms with Crippen molar-refractivity contribution in [1.29, 1.82) is 0 Å². The molecule has 0 spiro atoms. The van der Waals surface area contributed by atoms with Crippen molar-refractivity contribution in [3.63, 3.8) is 0 Å². The summed E-state index contributed by atoms with van der Waals surface area (Å²) >= 11 is 0. The van der Waals surface area contributed by atoms with Gasteiger partial charge >= 0.3 is 0 Å². The molecule has 100 valence electrons. The van der Waals surface area contributed by atoms with E-state index < -0.39 is 0 Å². The summed E-state index contributed by atoms with van der Waals surface area (Å²) in [6, 6.07) is 9.51. The van der Waals surface area contributed by atoms with Crippen LogP contribution < -0.4 is 5.32 Å². The summed E-state index contributed by atoms with van der Waals surface area (Å²) in [5, 5.41) is 3.68. The molecule has 0 amide bonds. The summed E-state index contributed by atoms with van der Waals surface area (Å²) in [6.45, 7) is 10.2. The van der Waals surface area contributed by atoms with E-state index in [1.54, 1.807) is 0 Å². The monoisotopic (exact) mass is 245 g/mol. The highest BCUT2D eigenvalue weighted by atomic mass is 14.9. The molecule has 0 radical (unpaired) electrons. The van der Waals surface area contributed by atoms with Crippen molar-refractivity contribution in [2.24, 2.45) is 5.92 Å². The van der Waals surface area contributed by atoms with Crippen LogP contribution in [0.15, 0.2) is 24.3 Å². The third-order valence-corrected chi connectivity index (χ3v) is 3.86. The quantitative estimate of drug-likeness (QED) is 0.809. The van der Waals surface area contributed by atoms with Gasteiger partial charge in [0.05, 0.1) is 0 Å². The van der Waals surface area contributed by atoms with Gasteiger partial charge in [-0.05, 0) is 35.4 Å². The second kappa shape index (κ2) is 5.44. The zero-order valence-corrected chi connectivity index (χ0v) is 12.3. The minimum atomic E-state index is 0.230. The highest BCUT2D eigenvalue weighted by molar-refractivity contribution is 5.35. The van der Waals surface area contributed by atoms with Gasteiger partial charge in [-0.3, -0.25) is 0 Å². The highest BCUT2D eigenvalue weighted by Gasteiger charge is 2.28. The number of rotatable bonds is 5. The third-order valence-electron chi connectivity index (χ3n) is 3.86. The fourth-order valence-electron chi connectivity index (χ4n) is 2.74. The van der Waals surface area contributed by atoms with Gasteiger partial charge in [0.2, 0.25) is 0 Å². The van der Waals surface area contributed by atoms with E-state index in [0.717, 1.165) is 12.5 Å². The molecule has 1 fully saturated rings. The second-order valence-corrected chi connectivity index (χ2v) is 6.63. The van der Waals surface area contributed by atoms with E-state index in [1.807, 2.05) is 0 Å². The van der Waals surface area contributed by atoms with Crippen LogP contribution in [0.3, 0.4) is 0 Å². The van der Waals surface area contributed by atoms with Crippen LogP contribution in [-0.4, -0.2) is 6.54 Å². The van der Waals surface area contributed by atoms with E-state index in [2.05, 4.69) is 57.3 Å². The van der Waals surface area contributed by atoms with Gasteiger partial charge in [-0.15, -0.1) is 0 Å². The number of hydrogen-bond donors (Lipinski definition) is 1. The van der Waals surface area contributed by atoms with Crippen LogP contribution in [0.1, 0.15) is 64.1 Å². The van der Waals surface area contributed by atoms with E-state index in [1.165, 1.54) is 30.4 Å². The first-order chi connectivity index (χ1) is 8.52. The molecule has 1 atom stereocenters. The summed E-state index contributed by atoms with van der Waals surface area (Å²) in [5.41, 5.74) is 3.24. The Hall–Kier alpha value is -0.820. The molecule has 1 saturated carbocycles. The maximum atomic E-state index is 3.68. The van der Waals surface area contributed by atoms with Gasteiger partial charge in [0, 0.05) is 6.04 Å². The first-order valence-electron chi connectivity index (χ1n) is 7.35. The Morgan fingerprint density at radius 3 is 2.44 bits per heavy atom. The number of nitrogens with one attached hydrogen (secondary N) is 1. The minimum absolute atomic E-state index is 0.230. The molecule has 1 N–H and O–H groups in total. The van der Waals surface area contributed by atoms with Gasteiger partial charge in [0.15, 0.2) is 0 Å². The fourth-order valence-corrected chi connectivity index (χ4v) is 2.74. The number of hydrogen-bond acceptors (Lipinski definition) is 1. The molecule has 1 aromatic rings. The van der Waals surface area contributed by atoms with E-state index in [-0.39, 0.29) is 5.41 Å². The largest absolute Gasteiger partial charge is 0.310 e. The van der Waals surface area contributed by atoms with Crippen LogP contribution in [0.25, 0.3) is 0 Å². The summed E-state index contributed by atoms with van der Waals surface area (Å²) in [5.74, 6) is 0.960. The van der Waals surface area contributed by atoms with Crippen molar-refractivity contribution >= 4 is 0 Å². The average molecular weight is 245 g/mol. The van der Waals surface area contributed by atoms with Gasteiger partial charge in [-0.2, -0.15) is 0 Å². The molecule has 0 bridgehead atoms. The predicted molar refractivity (Wildman–Crippen MR) is 78.9 cm³/mol. The van der Waals surface area contributed by atoms with Crippen molar-refractivity contribution in [2.75, 3.05) is 6.54 Å². The standard InChI is InChI=1S/C17H27N/c1-5-18-16(12-13-10-11-13)14-8-6-7-9-15(14)17(2,3)4/h6-9,13,16,18H,5,10-12H2,1-4H3. The molecule has 18 heavy (non-hydrogen) atoms. The van der Waals surface area contributed by atoms with Crippen LogP contribution in [0.5, 0.6) is 0 Å². The number of benzene rings is 1. The van der Waals surface area contributed by atoms with Crippen molar-refractivity contribution < 1.29 is 0 Å². The van der Waals surface area contributed by atoms with Gasteiger partial charge < -0.3 is 5.32 Å². The van der Waals surface area contributed by atoms with Crippen LogP contribution in [0.4, 0.5) is 0 Å². The summed E-state index contributed by atoms with van der Waals surface area (Å²) in [7, 11) is 0. The third kappa shape index (κ3) is 3.35. The Kier molecular flexibility index (Phi) is 4.11. The SMILES string of the molecule is CCNC(CC1CC1)c1ccccc1C(C)(C)C. The molecular weight excluding hydrogens is 218 g/mol. The molecule has 1 aliphatic carbocycles. The smallest absolute Gasteiger partial charge is 0.0325 e. The van der Waals surface area contributed by atoms with E-state index >= 15 is 0 Å². The van der Waals surface area contributed by atoms with Crippen LogP contribution in [0, 0.1) is 5.92 Å². The lowest BCUT2D eigenvalue weighted by Crippen LogP contribution is -2.25. The van der Waals surface area contributed by atoms with E-state index in [9.17, 15) is 0 Å². The second-order valence-electron chi connectivity index (χ2n) is 6.63. The summed E-state index contributed by atoms with van der Waals surface area (Å²) < 4.78 is 0. The highest BCUT2D eigenvalue weighted by Crippen LogP contribution is 2.39. The Morgan fingerprint density at radius 2 is 1.89 bits per heavy atom. The lowest BCUT2D eigenvalue weighted by molar-refractivity contribution is 0.471. The van der Waals surface area contributed by atoms with E-state index in [0.29, 0.717) is 6.04 Å². The molecule has 0 heterocycles. The minimum Gasteiger partial charge on any atom is -0.310 e. The Labute approximate surface area is 112 Å². The van der Waals surface area contributed by atoms with Crippen LogP contribution >= 0.6 is 0 Å². The molecule has 0 aliphatic heterocycles. The maximum absolute atomic E-state index is 3.68. The lowest BCUT2D eigenvalue weighted by atomic mass is 9.81. The van der Waals surface area contributed by atoms with Crippen molar-refractivity contribution in [3.8, 4) is 0 Å². The van der Waals surface area contributed by atoms with Gasteiger partial charge in [0.25, 0.3) is 0 Å². The lowest BCUT2D eigenvalue weighted by Gasteiger charge is -2.28. The molecule has 0 saturated heterocycles. The molecule has 2 rings (SSSR count). The molecule has 1 heteroatoms. The first kappa shape index (κ1) is 13.6. The molecule has 1 nitrogen and oxygen atoms in total. The Bertz CT molecular complexity index is 385. The van der Waals surface area contributed by atoms with Crippen molar-refractivity contribution in [1.82, 2.24) is 5.32 Å². The molecular formula is C17H27N. The van der Waals surface area contributed by atoms with Gasteiger partial charge in [0.1, 0.15) is 0 Å². The Morgan fingerprint density at radius 1 is 1.22 bits per heavy atom. The zero-order chi connectivity index (χ0) is 13.2. The average Bonchev–Trinajstić information content (AvgIpc) is 3.11. The summed E-state index contributed by atoms with van der Waals surface area (Å²) in [4.78, 5) is 0. The fraction of sp³-hybridized carbons (Fsp3) is 0.647. The first-order valence-corrected chi connectivity index (χ1v) is 7.35. The Balaban J connectivity index is 2.27. The topological polar surface area (TPSA) is 12.0 Å². The van der Waals surface area contributed by atoms with Gasteiger partial charge in [-0.25, -0.2) is 0 Å². The van der Waals surface area contributed by atoms with Crippen LogP contribution in [-0.2, 0) is 5.41 Å². The van der Waals surface area contributed by atoms with E-state index in [4.69, 9.17) is 0 Å². The molecule has 1 unspecified atom stereocenters. The summed E-state index contributed by atoms with van der Waals surface area (Å²) in [6.07, 6.45) is 4.17. The van der Waals surface area contributed by atoms with Crippen molar-refractivity contribution in [3.05, 3.63) is 35.4 Å². The molecule has 1 aliphatic rings. The molecule has 0 aromatic heterocycles. The van der Waals surface area contributed by atoms with Crippen LogP contribution in [0.2, 0.25) is 0 Å². The zero-order valence-electron chi connectivity index (χ0n) is 12.3. The van der Waals surface area contributed by atoms with Gasteiger partial charge in [-0.1, -0.05) is 64.8 Å². The predicted octanol–water partition coefficient (Wildman–Crippen LogP) is 4.43. The normalized spacial score (nSPS) is 17.8. The maximum Gasteiger partial charge on any atom is 0.0325 e. The molecule has 1 aromatic carbocycles.